The van der Waals surface area contributed by atoms with Crippen LogP contribution in [0.25, 0.3) is 0 Å². The lowest BCUT2D eigenvalue weighted by atomic mass is 10.1. The molecule has 9 heteroatoms. The number of hydrogen-bond acceptors (Lipinski definition) is 4. The fraction of sp³-hybridized carbons (Fsp3) is 0.500. The van der Waals surface area contributed by atoms with Gasteiger partial charge >= 0.3 is 0 Å². The van der Waals surface area contributed by atoms with Crippen molar-refractivity contribution in [2.75, 3.05) is 31.2 Å². The van der Waals surface area contributed by atoms with E-state index in [1.165, 1.54) is 0 Å². The molecule has 0 spiro atoms. The minimum atomic E-state index is -3.19. The second kappa shape index (κ2) is 7.81. The van der Waals surface area contributed by atoms with E-state index in [1.807, 2.05) is 4.90 Å². The van der Waals surface area contributed by atoms with Crippen LogP contribution in [0.5, 0.6) is 0 Å². The number of sulfonamides is 1. The van der Waals surface area contributed by atoms with Gasteiger partial charge in [-0.2, -0.15) is 0 Å². The smallest absolute Gasteiger partial charge is 0.238 e. The lowest BCUT2D eigenvalue weighted by Crippen LogP contribution is -2.46. The minimum absolute atomic E-state index is 0.0602. The Kier molecular flexibility index (Phi) is 6.27. The number of halogens is 2. The molecular weight excluding hydrogens is 361 g/mol. The summed E-state index contributed by atoms with van der Waals surface area (Å²) in [5, 5.41) is 3.65. The van der Waals surface area contributed by atoms with Gasteiger partial charge in [0.15, 0.2) is 0 Å². The van der Waals surface area contributed by atoms with E-state index in [0.29, 0.717) is 41.7 Å². The molecule has 0 unspecified atom stereocenters. The number of nitrogens with one attached hydrogen (secondary N) is 2. The van der Waals surface area contributed by atoms with E-state index in [4.69, 9.17) is 23.2 Å². The Balaban J connectivity index is 1.81. The fourth-order valence-corrected chi connectivity index (χ4v) is 3.79. The van der Waals surface area contributed by atoms with E-state index in [2.05, 4.69) is 10.0 Å². The van der Waals surface area contributed by atoms with Crippen LogP contribution in [0.1, 0.15) is 12.8 Å². The van der Waals surface area contributed by atoms with Crippen molar-refractivity contribution in [3.05, 3.63) is 28.2 Å². The number of rotatable bonds is 5. The van der Waals surface area contributed by atoms with Crippen LogP contribution in [0.2, 0.25) is 10.0 Å². The Bertz CT molecular complexity index is 674. The Morgan fingerprint density at radius 1 is 1.30 bits per heavy atom. The Hall–Kier alpha value is -0.860. The monoisotopic (exact) mass is 379 g/mol. The zero-order chi connectivity index (χ0) is 17.0. The molecule has 0 bridgehead atoms. The third-order valence-corrected chi connectivity index (χ3v) is 4.85. The molecule has 1 aliphatic rings. The van der Waals surface area contributed by atoms with Crippen molar-refractivity contribution in [1.29, 1.82) is 0 Å². The molecule has 0 aromatic heterocycles. The second-order valence-electron chi connectivity index (χ2n) is 5.61. The number of nitrogens with zero attached hydrogens (tertiary/aromatic N) is 1. The largest absolute Gasteiger partial charge is 0.324 e. The van der Waals surface area contributed by atoms with Crippen LogP contribution in [0, 0.1) is 0 Å². The van der Waals surface area contributed by atoms with Gasteiger partial charge in [-0.25, -0.2) is 13.1 Å². The molecule has 1 aliphatic heterocycles. The van der Waals surface area contributed by atoms with E-state index >= 15 is 0 Å². The molecule has 1 heterocycles. The predicted octanol–water partition coefficient (Wildman–Crippen LogP) is 1.95. The van der Waals surface area contributed by atoms with Gasteiger partial charge in [0.1, 0.15) is 0 Å². The van der Waals surface area contributed by atoms with Crippen LogP contribution in [0.15, 0.2) is 18.2 Å². The van der Waals surface area contributed by atoms with Crippen molar-refractivity contribution in [3.63, 3.8) is 0 Å². The molecule has 6 nitrogen and oxygen atoms in total. The Morgan fingerprint density at radius 2 is 1.96 bits per heavy atom. The number of carbonyl (C=O) groups excluding carboxylic acids is 1. The number of piperidine rings is 1. The molecule has 2 N–H and O–H groups in total. The van der Waals surface area contributed by atoms with Crippen LogP contribution in [0.4, 0.5) is 5.69 Å². The molecule has 0 radical (unpaired) electrons. The summed E-state index contributed by atoms with van der Waals surface area (Å²) < 4.78 is 25.0. The maximum atomic E-state index is 12.1. The zero-order valence-electron chi connectivity index (χ0n) is 12.7. The van der Waals surface area contributed by atoms with Crippen molar-refractivity contribution in [1.82, 2.24) is 9.62 Å². The van der Waals surface area contributed by atoms with Gasteiger partial charge in [0.2, 0.25) is 15.9 Å². The summed E-state index contributed by atoms with van der Waals surface area (Å²) >= 11 is 11.8. The number of carbonyl (C=O) groups is 1. The second-order valence-corrected chi connectivity index (χ2v) is 8.24. The van der Waals surface area contributed by atoms with Crippen molar-refractivity contribution < 1.29 is 13.2 Å². The van der Waals surface area contributed by atoms with Gasteiger partial charge in [-0.1, -0.05) is 23.2 Å². The molecule has 1 aromatic carbocycles. The summed E-state index contributed by atoms with van der Waals surface area (Å²) in [6.07, 6.45) is 2.52. The highest BCUT2D eigenvalue weighted by molar-refractivity contribution is 7.88. The number of amides is 1. The molecular formula is C14H19Cl2N3O3S. The number of benzene rings is 1. The fourth-order valence-electron chi connectivity index (χ4n) is 2.50. The van der Waals surface area contributed by atoms with Gasteiger partial charge in [-0.05, 0) is 31.0 Å². The molecule has 1 fully saturated rings. The van der Waals surface area contributed by atoms with E-state index < -0.39 is 10.0 Å². The SMILES string of the molecule is CS(=O)(=O)NC1CCN(CC(=O)Nc2ccc(Cl)cc2Cl)CC1. The first kappa shape index (κ1) is 18.5. The van der Waals surface area contributed by atoms with Gasteiger partial charge in [0.25, 0.3) is 0 Å². The maximum absolute atomic E-state index is 12.1. The van der Waals surface area contributed by atoms with Crippen LogP contribution in [0.3, 0.4) is 0 Å². The van der Waals surface area contributed by atoms with Gasteiger partial charge in [-0.3, -0.25) is 9.69 Å². The van der Waals surface area contributed by atoms with Crippen molar-refractivity contribution in [2.24, 2.45) is 0 Å². The summed E-state index contributed by atoms with van der Waals surface area (Å²) in [6, 6.07) is 4.83. The molecule has 0 atom stereocenters. The third kappa shape index (κ3) is 6.27. The summed E-state index contributed by atoms with van der Waals surface area (Å²) in [6.45, 7) is 1.56. The van der Waals surface area contributed by atoms with Gasteiger partial charge < -0.3 is 5.32 Å². The number of hydrogen-bond donors (Lipinski definition) is 2. The zero-order valence-corrected chi connectivity index (χ0v) is 15.0. The standard InChI is InChI=1S/C14H19Cl2N3O3S/c1-23(21,22)18-11-4-6-19(7-5-11)9-14(20)17-13-3-2-10(15)8-12(13)16/h2-3,8,11,18H,4-7,9H2,1H3,(H,17,20). The van der Waals surface area contributed by atoms with E-state index in [9.17, 15) is 13.2 Å². The van der Waals surface area contributed by atoms with Crippen LogP contribution in [-0.2, 0) is 14.8 Å². The molecule has 1 saturated heterocycles. The van der Waals surface area contributed by atoms with Crippen molar-refractivity contribution in [2.45, 2.75) is 18.9 Å². The highest BCUT2D eigenvalue weighted by Gasteiger charge is 2.23. The quantitative estimate of drug-likeness (QED) is 0.819. The molecule has 128 valence electrons. The first-order chi connectivity index (χ1) is 10.7. The van der Waals surface area contributed by atoms with E-state index in [-0.39, 0.29) is 18.5 Å². The van der Waals surface area contributed by atoms with Gasteiger partial charge in [0, 0.05) is 24.2 Å². The molecule has 23 heavy (non-hydrogen) atoms. The summed E-state index contributed by atoms with van der Waals surface area (Å²) in [5.41, 5.74) is 0.523. The maximum Gasteiger partial charge on any atom is 0.238 e. The topological polar surface area (TPSA) is 78.5 Å². The number of anilines is 1. The Labute approximate surface area is 146 Å². The normalized spacial score (nSPS) is 17.2. The van der Waals surface area contributed by atoms with Crippen molar-refractivity contribution in [3.8, 4) is 0 Å². The first-order valence-electron chi connectivity index (χ1n) is 7.17. The van der Waals surface area contributed by atoms with E-state index in [0.717, 1.165) is 6.26 Å². The molecule has 2 rings (SSSR count). The lowest BCUT2D eigenvalue weighted by molar-refractivity contribution is -0.117. The first-order valence-corrected chi connectivity index (χ1v) is 9.82. The van der Waals surface area contributed by atoms with Crippen molar-refractivity contribution >= 4 is 44.8 Å². The summed E-state index contributed by atoms with van der Waals surface area (Å²) in [4.78, 5) is 14.1. The van der Waals surface area contributed by atoms with E-state index in [1.54, 1.807) is 18.2 Å². The molecule has 0 saturated carbocycles. The predicted molar refractivity (Wildman–Crippen MR) is 92.5 cm³/mol. The molecule has 0 aliphatic carbocycles. The minimum Gasteiger partial charge on any atom is -0.324 e. The van der Waals surface area contributed by atoms with Crippen LogP contribution in [-0.4, -0.2) is 51.2 Å². The van der Waals surface area contributed by atoms with Gasteiger partial charge in [0.05, 0.1) is 23.5 Å². The summed E-state index contributed by atoms with van der Waals surface area (Å²) in [7, 11) is -3.19. The van der Waals surface area contributed by atoms with Crippen LogP contribution < -0.4 is 10.0 Å². The highest BCUT2D eigenvalue weighted by atomic mass is 35.5. The average molecular weight is 380 g/mol. The summed E-state index contributed by atoms with van der Waals surface area (Å²) in [5.74, 6) is -0.163. The van der Waals surface area contributed by atoms with Gasteiger partial charge in [-0.15, -0.1) is 0 Å². The lowest BCUT2D eigenvalue weighted by Gasteiger charge is -2.31. The van der Waals surface area contributed by atoms with Crippen LogP contribution >= 0.6 is 23.2 Å². The molecule has 1 aromatic rings. The Morgan fingerprint density at radius 3 is 2.52 bits per heavy atom. The third-order valence-electron chi connectivity index (χ3n) is 3.54. The molecule has 1 amide bonds. The average Bonchev–Trinajstić information content (AvgIpc) is 2.42. The number of likely N-dealkylation sites (tertiary alicyclic amines) is 1. The highest BCUT2D eigenvalue weighted by Crippen LogP contribution is 2.25.